The maximum absolute atomic E-state index is 13.7. The smallest absolute Gasteiger partial charge is 0.322 e. The molecule has 0 radical (unpaired) electrons. The van der Waals surface area contributed by atoms with Crippen LogP contribution in [-0.2, 0) is 0 Å². The fourth-order valence-corrected chi connectivity index (χ4v) is 3.05. The molecule has 0 unspecified atom stereocenters. The maximum atomic E-state index is 13.7. The molecule has 1 aliphatic heterocycles. The van der Waals surface area contributed by atoms with Crippen LogP contribution in [0, 0.1) is 11.6 Å². The van der Waals surface area contributed by atoms with Crippen molar-refractivity contribution in [3.63, 3.8) is 0 Å². The number of nitrogens with zero attached hydrogens (tertiary/aromatic N) is 5. The Morgan fingerprint density at radius 1 is 0.857 bits per heavy atom. The molecular formula is C19H18F2N6O. The first-order valence-corrected chi connectivity index (χ1v) is 8.84. The average Bonchev–Trinajstić information content (AvgIpc) is 3.26. The fourth-order valence-electron chi connectivity index (χ4n) is 3.05. The molecule has 7 nitrogen and oxygen atoms in total. The van der Waals surface area contributed by atoms with Crippen LogP contribution in [0.1, 0.15) is 0 Å². The summed E-state index contributed by atoms with van der Waals surface area (Å²) in [7, 11) is 0. The molecule has 3 aromatic rings. The minimum absolute atomic E-state index is 0.406. The number of halogens is 2. The lowest BCUT2D eigenvalue weighted by atomic mass is 10.3. The van der Waals surface area contributed by atoms with Crippen LogP contribution in [0.2, 0.25) is 0 Å². The normalized spacial score (nSPS) is 14.2. The van der Waals surface area contributed by atoms with E-state index in [9.17, 15) is 13.6 Å². The molecule has 4 rings (SSSR count). The molecule has 28 heavy (non-hydrogen) atoms. The number of amides is 2. The average molecular weight is 384 g/mol. The highest BCUT2D eigenvalue weighted by Crippen LogP contribution is 2.19. The zero-order chi connectivity index (χ0) is 19.5. The quantitative estimate of drug-likeness (QED) is 0.754. The Hall–Kier alpha value is -3.49. The number of aromatic nitrogens is 3. The molecule has 3 heterocycles. The van der Waals surface area contributed by atoms with Crippen LogP contribution in [-0.4, -0.2) is 51.9 Å². The van der Waals surface area contributed by atoms with Crippen LogP contribution in [0.25, 0.3) is 5.82 Å². The second-order valence-corrected chi connectivity index (χ2v) is 6.34. The summed E-state index contributed by atoms with van der Waals surface area (Å²) in [4.78, 5) is 15.9. The van der Waals surface area contributed by atoms with Crippen molar-refractivity contribution in [2.75, 3.05) is 36.4 Å². The van der Waals surface area contributed by atoms with Gasteiger partial charge in [0.15, 0.2) is 11.6 Å². The van der Waals surface area contributed by atoms with Gasteiger partial charge in [0.25, 0.3) is 0 Å². The van der Waals surface area contributed by atoms with Gasteiger partial charge in [-0.1, -0.05) is 6.07 Å². The van der Waals surface area contributed by atoms with Crippen molar-refractivity contribution < 1.29 is 13.6 Å². The molecular weight excluding hydrogens is 366 g/mol. The fraction of sp³-hybridized carbons (Fsp3) is 0.211. The Labute approximate surface area is 160 Å². The highest BCUT2D eigenvalue weighted by Gasteiger charge is 2.23. The van der Waals surface area contributed by atoms with E-state index in [0.717, 1.165) is 23.8 Å². The van der Waals surface area contributed by atoms with Crippen molar-refractivity contribution in [3.05, 3.63) is 66.5 Å². The summed E-state index contributed by atoms with van der Waals surface area (Å²) in [5.41, 5.74) is -0.429. The number of nitrogens with one attached hydrogen (secondary N) is 1. The zero-order valence-electron chi connectivity index (χ0n) is 14.9. The van der Waals surface area contributed by atoms with Gasteiger partial charge in [-0.2, -0.15) is 0 Å². The number of benzene rings is 1. The number of anilines is 2. The lowest BCUT2D eigenvalue weighted by Gasteiger charge is -2.35. The van der Waals surface area contributed by atoms with E-state index in [1.54, 1.807) is 0 Å². The van der Waals surface area contributed by atoms with Crippen LogP contribution in [0.5, 0.6) is 0 Å². The number of carbonyl (C=O) groups excluding carboxylic acids is 1. The Kier molecular flexibility index (Phi) is 4.88. The lowest BCUT2D eigenvalue weighted by Crippen LogP contribution is -2.50. The van der Waals surface area contributed by atoms with Crippen molar-refractivity contribution >= 4 is 17.5 Å². The number of carbonyl (C=O) groups is 1. The maximum Gasteiger partial charge on any atom is 0.322 e. The number of piperazine rings is 1. The molecule has 1 aromatic carbocycles. The van der Waals surface area contributed by atoms with Crippen LogP contribution in [0.4, 0.5) is 25.1 Å². The molecule has 0 saturated carbocycles. The summed E-state index contributed by atoms with van der Waals surface area (Å²) < 4.78 is 29.3. The summed E-state index contributed by atoms with van der Waals surface area (Å²) in [6, 6.07) is 10.5. The van der Waals surface area contributed by atoms with Gasteiger partial charge in [-0.15, -0.1) is 10.2 Å². The predicted octanol–water partition coefficient (Wildman–Crippen LogP) is 2.90. The molecule has 0 aliphatic carbocycles. The van der Waals surface area contributed by atoms with Gasteiger partial charge in [-0.05, 0) is 36.4 Å². The van der Waals surface area contributed by atoms with Crippen molar-refractivity contribution in [3.8, 4) is 5.82 Å². The van der Waals surface area contributed by atoms with Crippen LogP contribution in [0.3, 0.4) is 0 Å². The van der Waals surface area contributed by atoms with E-state index in [0.29, 0.717) is 26.2 Å². The molecule has 2 aromatic heterocycles. The van der Waals surface area contributed by atoms with Gasteiger partial charge in [-0.25, -0.2) is 13.6 Å². The van der Waals surface area contributed by atoms with E-state index in [1.807, 2.05) is 46.1 Å². The molecule has 0 atom stereocenters. The molecule has 9 heteroatoms. The van der Waals surface area contributed by atoms with Gasteiger partial charge in [0.05, 0.1) is 0 Å². The van der Waals surface area contributed by atoms with Gasteiger partial charge in [0, 0.05) is 38.6 Å². The van der Waals surface area contributed by atoms with Gasteiger partial charge < -0.3 is 19.7 Å². The van der Waals surface area contributed by atoms with Crippen molar-refractivity contribution in [2.45, 2.75) is 0 Å². The monoisotopic (exact) mass is 384 g/mol. The Bertz CT molecular complexity index is 933. The first-order valence-electron chi connectivity index (χ1n) is 8.84. The van der Waals surface area contributed by atoms with E-state index < -0.39 is 23.4 Å². The second-order valence-electron chi connectivity index (χ2n) is 6.34. The van der Waals surface area contributed by atoms with Gasteiger partial charge in [0.2, 0.25) is 0 Å². The molecule has 1 saturated heterocycles. The van der Waals surface area contributed by atoms with Gasteiger partial charge in [-0.3, -0.25) is 0 Å². The largest absolute Gasteiger partial charge is 0.352 e. The minimum Gasteiger partial charge on any atom is -0.352 e. The first-order chi connectivity index (χ1) is 13.6. The Morgan fingerprint density at radius 2 is 1.46 bits per heavy atom. The standard InChI is InChI=1S/C19H18F2N6O/c20-14-4-3-5-15(21)18(14)22-19(28)27-12-10-26(11-13-27)17-7-6-16(23-24-17)25-8-1-2-9-25/h1-9H,10-13H2,(H,22,28). The number of para-hydroxylation sites is 1. The number of hydrogen-bond donors (Lipinski definition) is 1. The summed E-state index contributed by atoms with van der Waals surface area (Å²) in [6.07, 6.45) is 3.78. The second kappa shape index (κ2) is 7.63. The topological polar surface area (TPSA) is 66.3 Å². The Morgan fingerprint density at radius 3 is 2.07 bits per heavy atom. The molecule has 1 N–H and O–H groups in total. The lowest BCUT2D eigenvalue weighted by molar-refractivity contribution is 0.207. The SMILES string of the molecule is O=C(Nc1c(F)cccc1F)N1CCN(c2ccc(-n3cccc3)nn2)CC1. The molecule has 0 spiro atoms. The van der Waals surface area contributed by atoms with Crippen LogP contribution >= 0.6 is 0 Å². The van der Waals surface area contributed by atoms with Gasteiger partial charge >= 0.3 is 6.03 Å². The number of urea groups is 1. The van der Waals surface area contributed by atoms with E-state index in [2.05, 4.69) is 15.5 Å². The highest BCUT2D eigenvalue weighted by molar-refractivity contribution is 5.89. The van der Waals surface area contributed by atoms with Crippen LogP contribution in [0.15, 0.2) is 54.9 Å². The summed E-state index contributed by atoms with van der Waals surface area (Å²) in [5.74, 6) is -0.162. The highest BCUT2D eigenvalue weighted by atomic mass is 19.1. The summed E-state index contributed by atoms with van der Waals surface area (Å²) in [5, 5.41) is 10.8. The third-order valence-corrected chi connectivity index (χ3v) is 4.59. The molecule has 2 amide bonds. The minimum atomic E-state index is -0.801. The van der Waals surface area contributed by atoms with E-state index in [4.69, 9.17) is 0 Å². The van der Waals surface area contributed by atoms with Crippen molar-refractivity contribution in [1.82, 2.24) is 19.7 Å². The molecule has 1 aliphatic rings. The third kappa shape index (κ3) is 3.64. The molecule has 1 fully saturated rings. The zero-order valence-corrected chi connectivity index (χ0v) is 14.9. The van der Waals surface area contributed by atoms with Gasteiger partial charge in [0.1, 0.15) is 17.3 Å². The molecule has 144 valence electrons. The van der Waals surface area contributed by atoms with Crippen molar-refractivity contribution in [1.29, 1.82) is 0 Å². The molecule has 0 bridgehead atoms. The van der Waals surface area contributed by atoms with E-state index in [-0.39, 0.29) is 0 Å². The van der Waals surface area contributed by atoms with Crippen LogP contribution < -0.4 is 10.2 Å². The Balaban J connectivity index is 1.36. The number of rotatable bonds is 3. The first kappa shape index (κ1) is 17.9. The summed E-state index contributed by atoms with van der Waals surface area (Å²) in [6.45, 7) is 1.90. The predicted molar refractivity (Wildman–Crippen MR) is 101 cm³/mol. The summed E-state index contributed by atoms with van der Waals surface area (Å²) >= 11 is 0. The van der Waals surface area contributed by atoms with E-state index >= 15 is 0 Å². The third-order valence-electron chi connectivity index (χ3n) is 4.59. The van der Waals surface area contributed by atoms with E-state index in [1.165, 1.54) is 11.0 Å². The number of hydrogen-bond acceptors (Lipinski definition) is 4. The van der Waals surface area contributed by atoms with Crippen molar-refractivity contribution in [2.24, 2.45) is 0 Å².